The van der Waals surface area contributed by atoms with Gasteiger partial charge in [-0.25, -0.2) is 4.98 Å². The van der Waals surface area contributed by atoms with Gasteiger partial charge in [-0.1, -0.05) is 30.3 Å². The van der Waals surface area contributed by atoms with Crippen LogP contribution in [0.25, 0.3) is 0 Å². The second-order valence-electron chi connectivity index (χ2n) is 6.81. The Kier molecular flexibility index (Phi) is 5.08. The van der Waals surface area contributed by atoms with E-state index in [0.29, 0.717) is 24.6 Å². The van der Waals surface area contributed by atoms with Gasteiger partial charge in [-0.2, -0.15) is 0 Å². The van der Waals surface area contributed by atoms with Crippen molar-refractivity contribution < 1.29 is 4.74 Å². The Morgan fingerprint density at radius 3 is 2.50 bits per heavy atom. The molecule has 1 aromatic heterocycles. The zero-order valence-electron chi connectivity index (χ0n) is 15.6. The van der Waals surface area contributed by atoms with Crippen molar-refractivity contribution in [1.29, 1.82) is 0 Å². The summed E-state index contributed by atoms with van der Waals surface area (Å²) in [6, 6.07) is 13.4. The Labute approximate surface area is 162 Å². The first-order chi connectivity index (χ1) is 13.6. The van der Waals surface area contributed by atoms with Crippen LogP contribution in [0.3, 0.4) is 0 Å². The molecule has 0 amide bonds. The highest BCUT2D eigenvalue weighted by Crippen LogP contribution is 2.26. The second-order valence-corrected chi connectivity index (χ2v) is 6.81. The van der Waals surface area contributed by atoms with Crippen molar-refractivity contribution in [2.45, 2.75) is 13.0 Å². The molecule has 2 N–H and O–H groups in total. The molecule has 1 saturated heterocycles. The van der Waals surface area contributed by atoms with Gasteiger partial charge in [0.15, 0.2) is 0 Å². The third kappa shape index (κ3) is 3.61. The lowest BCUT2D eigenvalue weighted by molar-refractivity contribution is 0.122. The molecule has 144 valence electrons. The fourth-order valence-corrected chi connectivity index (χ4v) is 3.30. The average molecular weight is 378 g/mol. The molecule has 2 aromatic carbocycles. The van der Waals surface area contributed by atoms with E-state index in [9.17, 15) is 9.59 Å². The second kappa shape index (κ2) is 7.82. The van der Waals surface area contributed by atoms with Gasteiger partial charge in [0, 0.05) is 37.1 Å². The van der Waals surface area contributed by atoms with E-state index in [1.807, 2.05) is 43.3 Å². The standard InChI is InChI=1S/C21H22N4O3/c1-14(15-5-3-2-4-6-15)23-18-19(21(27)20(18)26)24-16-7-8-22-17(13-16)25-9-11-28-12-10-25/h2-8,13-14,23H,9-12H2,1H3,(H,22,24)/t14-/m1/s1. The number of rotatable bonds is 6. The van der Waals surface area contributed by atoms with Gasteiger partial charge >= 0.3 is 0 Å². The molecule has 7 nitrogen and oxygen atoms in total. The zero-order valence-corrected chi connectivity index (χ0v) is 15.6. The number of benzene rings is 1. The van der Waals surface area contributed by atoms with Crippen molar-refractivity contribution >= 4 is 22.9 Å². The molecule has 0 aliphatic carbocycles. The Hall–Kier alpha value is -3.19. The summed E-state index contributed by atoms with van der Waals surface area (Å²) in [5.41, 5.74) is 1.39. The molecule has 2 heterocycles. The molecular formula is C21H22N4O3. The topological polar surface area (TPSA) is 83.6 Å². The Morgan fingerprint density at radius 2 is 1.75 bits per heavy atom. The lowest BCUT2D eigenvalue weighted by Crippen LogP contribution is -2.37. The van der Waals surface area contributed by atoms with Gasteiger partial charge in [0.1, 0.15) is 17.2 Å². The van der Waals surface area contributed by atoms with Gasteiger partial charge in [-0.05, 0) is 18.6 Å². The fraction of sp³-hybridized carbons (Fsp3) is 0.286. The third-order valence-corrected chi connectivity index (χ3v) is 4.92. The Balaban J connectivity index is 1.52. The van der Waals surface area contributed by atoms with Crippen LogP contribution in [-0.2, 0) is 4.74 Å². The maximum atomic E-state index is 12.1. The maximum Gasteiger partial charge on any atom is 0.253 e. The van der Waals surface area contributed by atoms with Gasteiger partial charge < -0.3 is 20.3 Å². The minimum Gasteiger partial charge on any atom is -0.378 e. The molecule has 1 atom stereocenters. The van der Waals surface area contributed by atoms with E-state index in [1.54, 1.807) is 12.3 Å². The SMILES string of the molecule is C[C@@H](Nc1c(Nc2ccnc(N3CCOCC3)c2)c(=O)c1=O)c1ccccc1. The number of pyridine rings is 1. The van der Waals surface area contributed by atoms with E-state index in [2.05, 4.69) is 20.5 Å². The highest BCUT2D eigenvalue weighted by Gasteiger charge is 2.23. The number of ether oxygens (including phenoxy) is 1. The van der Waals surface area contributed by atoms with E-state index in [0.717, 1.165) is 30.2 Å². The van der Waals surface area contributed by atoms with Crippen LogP contribution in [0, 0.1) is 0 Å². The van der Waals surface area contributed by atoms with Crippen molar-refractivity contribution in [2.24, 2.45) is 0 Å². The summed E-state index contributed by atoms with van der Waals surface area (Å²) >= 11 is 0. The van der Waals surface area contributed by atoms with E-state index in [1.165, 1.54) is 0 Å². The van der Waals surface area contributed by atoms with Gasteiger partial charge in [-0.15, -0.1) is 0 Å². The molecule has 0 radical (unpaired) electrons. The molecule has 0 spiro atoms. The quantitative estimate of drug-likeness (QED) is 0.638. The van der Waals surface area contributed by atoms with Crippen LogP contribution < -0.4 is 26.4 Å². The maximum absolute atomic E-state index is 12.1. The predicted octanol–water partition coefficient (Wildman–Crippen LogP) is 2.43. The van der Waals surface area contributed by atoms with Crippen molar-refractivity contribution in [2.75, 3.05) is 41.8 Å². The smallest absolute Gasteiger partial charge is 0.253 e. The highest BCUT2D eigenvalue weighted by molar-refractivity contribution is 5.79. The van der Waals surface area contributed by atoms with Crippen LogP contribution in [0.4, 0.5) is 22.9 Å². The van der Waals surface area contributed by atoms with Crippen LogP contribution in [-0.4, -0.2) is 31.3 Å². The summed E-state index contributed by atoms with van der Waals surface area (Å²) in [5, 5.41) is 6.26. The van der Waals surface area contributed by atoms with Gasteiger partial charge in [0.25, 0.3) is 10.9 Å². The van der Waals surface area contributed by atoms with Crippen LogP contribution in [0.1, 0.15) is 18.5 Å². The average Bonchev–Trinajstić information content (AvgIpc) is 2.77. The molecule has 3 aromatic rings. The monoisotopic (exact) mass is 378 g/mol. The summed E-state index contributed by atoms with van der Waals surface area (Å²) in [4.78, 5) is 30.8. The van der Waals surface area contributed by atoms with Crippen LogP contribution in [0.5, 0.6) is 0 Å². The lowest BCUT2D eigenvalue weighted by Gasteiger charge is -2.28. The number of hydrogen-bond donors (Lipinski definition) is 2. The molecule has 28 heavy (non-hydrogen) atoms. The van der Waals surface area contributed by atoms with Gasteiger partial charge in [0.2, 0.25) is 0 Å². The minimum absolute atomic E-state index is 0.0913. The van der Waals surface area contributed by atoms with Crippen molar-refractivity contribution in [1.82, 2.24) is 4.98 Å². The summed E-state index contributed by atoms with van der Waals surface area (Å²) in [6.07, 6.45) is 1.69. The number of morpholine rings is 1. The van der Waals surface area contributed by atoms with Crippen molar-refractivity contribution in [3.8, 4) is 0 Å². The number of hydrogen-bond acceptors (Lipinski definition) is 7. The van der Waals surface area contributed by atoms with Gasteiger partial charge in [0.05, 0.1) is 13.2 Å². The molecule has 0 unspecified atom stereocenters. The van der Waals surface area contributed by atoms with E-state index in [4.69, 9.17) is 4.74 Å². The van der Waals surface area contributed by atoms with Crippen molar-refractivity contribution in [3.63, 3.8) is 0 Å². The fourth-order valence-electron chi connectivity index (χ4n) is 3.30. The molecule has 7 heteroatoms. The highest BCUT2D eigenvalue weighted by atomic mass is 16.5. The van der Waals surface area contributed by atoms with Crippen LogP contribution >= 0.6 is 0 Å². The molecule has 1 aliphatic rings. The first kappa shape index (κ1) is 18.2. The largest absolute Gasteiger partial charge is 0.378 e. The molecular weight excluding hydrogens is 356 g/mol. The summed E-state index contributed by atoms with van der Waals surface area (Å²) in [6.45, 7) is 4.85. The summed E-state index contributed by atoms with van der Waals surface area (Å²) < 4.78 is 5.37. The predicted molar refractivity (Wildman–Crippen MR) is 110 cm³/mol. The lowest BCUT2D eigenvalue weighted by atomic mass is 10.1. The summed E-state index contributed by atoms with van der Waals surface area (Å²) in [5.74, 6) is 0.819. The zero-order chi connectivity index (χ0) is 19.5. The van der Waals surface area contributed by atoms with Crippen LogP contribution in [0.2, 0.25) is 0 Å². The number of anilines is 4. The third-order valence-electron chi connectivity index (χ3n) is 4.92. The first-order valence-corrected chi connectivity index (χ1v) is 9.34. The molecule has 0 saturated carbocycles. The minimum atomic E-state index is -0.507. The number of nitrogens with zero attached hydrogens (tertiary/aromatic N) is 2. The van der Waals surface area contributed by atoms with Crippen molar-refractivity contribution in [3.05, 3.63) is 74.7 Å². The first-order valence-electron chi connectivity index (χ1n) is 9.34. The van der Waals surface area contributed by atoms with E-state index in [-0.39, 0.29) is 6.04 Å². The Morgan fingerprint density at radius 1 is 1.04 bits per heavy atom. The number of aromatic nitrogens is 1. The normalized spacial score (nSPS) is 15.4. The molecule has 0 bridgehead atoms. The summed E-state index contributed by atoms with van der Waals surface area (Å²) in [7, 11) is 0. The number of nitrogens with one attached hydrogen (secondary N) is 2. The van der Waals surface area contributed by atoms with Gasteiger partial charge in [-0.3, -0.25) is 9.59 Å². The van der Waals surface area contributed by atoms with E-state index >= 15 is 0 Å². The van der Waals surface area contributed by atoms with Crippen LogP contribution in [0.15, 0.2) is 58.3 Å². The molecule has 4 rings (SSSR count). The molecule has 1 fully saturated rings. The molecule has 1 aliphatic heterocycles. The Bertz CT molecular complexity index is 1020. The van der Waals surface area contributed by atoms with E-state index < -0.39 is 10.9 Å².